The summed E-state index contributed by atoms with van der Waals surface area (Å²) >= 11 is 3.27. The van der Waals surface area contributed by atoms with E-state index in [0.29, 0.717) is 28.8 Å². The monoisotopic (exact) mass is 377 g/mol. The van der Waals surface area contributed by atoms with Crippen LogP contribution in [0.1, 0.15) is 18.7 Å². The molecule has 3 heterocycles. The predicted molar refractivity (Wildman–Crippen MR) is 82.6 cm³/mol. The summed E-state index contributed by atoms with van der Waals surface area (Å²) in [5.41, 5.74) is -0.199. The number of furan rings is 1. The number of halogens is 2. The smallest absolute Gasteiger partial charge is 0.238 e. The highest BCUT2D eigenvalue weighted by molar-refractivity contribution is 9.10. The molecular weight excluding hydrogens is 362 g/mol. The molecule has 6 nitrogen and oxygen atoms in total. The summed E-state index contributed by atoms with van der Waals surface area (Å²) in [5.74, 6) is 1.69. The number of hydrogen-bond donors (Lipinski definition) is 1. The first-order chi connectivity index (χ1) is 9.73. The van der Waals surface area contributed by atoms with Gasteiger partial charge in [0.15, 0.2) is 10.4 Å². The van der Waals surface area contributed by atoms with Gasteiger partial charge in [-0.3, -0.25) is 0 Å². The SMILES string of the molecule is COCC1(c2nc(-c3ccc(Br)o3)no2)CCNCC1.Cl. The van der Waals surface area contributed by atoms with Crippen molar-refractivity contribution in [2.75, 3.05) is 26.8 Å². The summed E-state index contributed by atoms with van der Waals surface area (Å²) in [7, 11) is 1.70. The molecule has 0 bridgehead atoms. The van der Waals surface area contributed by atoms with Crippen LogP contribution in [-0.4, -0.2) is 36.9 Å². The molecule has 2 aromatic rings. The van der Waals surface area contributed by atoms with E-state index in [1.54, 1.807) is 13.2 Å². The number of piperidine rings is 1. The molecule has 0 unspecified atom stereocenters. The van der Waals surface area contributed by atoms with Crippen LogP contribution in [0.25, 0.3) is 11.6 Å². The third kappa shape index (κ3) is 3.31. The van der Waals surface area contributed by atoms with Crippen molar-refractivity contribution in [2.24, 2.45) is 0 Å². The summed E-state index contributed by atoms with van der Waals surface area (Å²) in [6.45, 7) is 2.43. The van der Waals surface area contributed by atoms with Crippen molar-refractivity contribution >= 4 is 28.3 Å². The molecule has 8 heteroatoms. The second-order valence-corrected chi connectivity index (χ2v) is 5.77. The maximum Gasteiger partial charge on any atom is 0.238 e. The number of methoxy groups -OCH3 is 1. The summed E-state index contributed by atoms with van der Waals surface area (Å²) in [6, 6.07) is 3.62. The normalized spacial score (nSPS) is 17.4. The summed E-state index contributed by atoms with van der Waals surface area (Å²) in [4.78, 5) is 4.51. The Hall–Kier alpha value is -0.890. The zero-order valence-electron chi connectivity index (χ0n) is 11.6. The van der Waals surface area contributed by atoms with E-state index in [4.69, 9.17) is 13.7 Å². The summed E-state index contributed by atoms with van der Waals surface area (Å²) in [6.07, 6.45) is 1.84. The molecule has 21 heavy (non-hydrogen) atoms. The van der Waals surface area contributed by atoms with Gasteiger partial charge in [0, 0.05) is 7.11 Å². The van der Waals surface area contributed by atoms with Crippen LogP contribution in [0.2, 0.25) is 0 Å². The van der Waals surface area contributed by atoms with E-state index in [1.165, 1.54) is 0 Å². The Bertz CT molecular complexity index is 575. The fourth-order valence-electron chi connectivity index (χ4n) is 2.58. The molecule has 0 saturated carbocycles. The first-order valence-corrected chi connectivity index (χ1v) is 7.32. The fraction of sp³-hybridized carbons (Fsp3) is 0.538. The minimum Gasteiger partial charge on any atom is -0.446 e. The van der Waals surface area contributed by atoms with Crippen molar-refractivity contribution in [3.05, 3.63) is 22.7 Å². The second-order valence-electron chi connectivity index (χ2n) is 4.99. The Balaban J connectivity index is 0.00000161. The van der Waals surface area contributed by atoms with Gasteiger partial charge in [0.1, 0.15) is 0 Å². The lowest BCUT2D eigenvalue weighted by atomic mass is 9.79. The van der Waals surface area contributed by atoms with Crippen molar-refractivity contribution in [1.29, 1.82) is 0 Å². The Morgan fingerprint density at radius 2 is 2.14 bits per heavy atom. The largest absolute Gasteiger partial charge is 0.446 e. The van der Waals surface area contributed by atoms with Gasteiger partial charge in [-0.2, -0.15) is 4.98 Å². The number of aromatic nitrogens is 2. The molecule has 1 N–H and O–H groups in total. The molecule has 0 amide bonds. The molecule has 0 atom stereocenters. The van der Waals surface area contributed by atoms with E-state index in [0.717, 1.165) is 25.9 Å². The first-order valence-electron chi connectivity index (χ1n) is 6.53. The average molecular weight is 379 g/mol. The Morgan fingerprint density at radius 3 is 2.76 bits per heavy atom. The standard InChI is InChI=1S/C13H16BrN3O3.ClH/c1-18-8-13(4-6-15-7-5-13)12-16-11(17-20-12)9-2-3-10(14)19-9;/h2-3,15H,4-8H2,1H3;1H. The average Bonchev–Trinajstić information content (AvgIpc) is 3.09. The van der Waals surface area contributed by atoms with Crippen molar-refractivity contribution in [3.63, 3.8) is 0 Å². The Labute approximate surface area is 137 Å². The van der Waals surface area contributed by atoms with E-state index in [9.17, 15) is 0 Å². The number of hydrogen-bond acceptors (Lipinski definition) is 6. The van der Waals surface area contributed by atoms with Gasteiger partial charge in [0.05, 0.1) is 12.0 Å². The molecule has 1 fully saturated rings. The van der Waals surface area contributed by atoms with Crippen LogP contribution in [0.15, 0.2) is 25.7 Å². The number of nitrogens with zero attached hydrogens (tertiary/aromatic N) is 2. The third-order valence-electron chi connectivity index (χ3n) is 3.65. The molecule has 1 saturated heterocycles. The number of ether oxygens (including phenoxy) is 1. The van der Waals surface area contributed by atoms with E-state index >= 15 is 0 Å². The van der Waals surface area contributed by atoms with Crippen LogP contribution < -0.4 is 5.32 Å². The van der Waals surface area contributed by atoms with Crippen molar-refractivity contribution in [3.8, 4) is 11.6 Å². The van der Waals surface area contributed by atoms with Crippen molar-refractivity contribution in [2.45, 2.75) is 18.3 Å². The van der Waals surface area contributed by atoms with Gasteiger partial charge >= 0.3 is 0 Å². The molecule has 3 rings (SSSR count). The van der Waals surface area contributed by atoms with Gasteiger partial charge in [-0.15, -0.1) is 12.4 Å². The Kier molecular flexibility index (Phi) is 5.43. The maximum atomic E-state index is 5.48. The van der Waals surface area contributed by atoms with Gasteiger partial charge in [0.2, 0.25) is 11.7 Å². The molecule has 116 valence electrons. The second kappa shape index (κ2) is 6.91. The molecule has 0 spiro atoms. The molecule has 2 aromatic heterocycles. The molecular formula is C13H17BrClN3O3. The topological polar surface area (TPSA) is 73.3 Å². The van der Waals surface area contributed by atoms with Crippen LogP contribution in [0.3, 0.4) is 0 Å². The van der Waals surface area contributed by atoms with Crippen LogP contribution in [0.5, 0.6) is 0 Å². The first kappa shape index (κ1) is 16.5. The molecule has 0 aliphatic carbocycles. The quantitative estimate of drug-likeness (QED) is 0.882. The molecule has 0 radical (unpaired) electrons. The predicted octanol–water partition coefficient (Wildman–Crippen LogP) is 2.78. The van der Waals surface area contributed by atoms with Crippen LogP contribution in [0.4, 0.5) is 0 Å². The molecule has 1 aliphatic heterocycles. The van der Waals surface area contributed by atoms with Gasteiger partial charge < -0.3 is 19.0 Å². The van der Waals surface area contributed by atoms with Gasteiger partial charge in [-0.05, 0) is 54.0 Å². The number of nitrogens with one attached hydrogen (secondary N) is 1. The third-order valence-corrected chi connectivity index (χ3v) is 4.08. The lowest BCUT2D eigenvalue weighted by molar-refractivity contribution is 0.0850. The van der Waals surface area contributed by atoms with Crippen LogP contribution >= 0.6 is 28.3 Å². The van der Waals surface area contributed by atoms with E-state index in [1.807, 2.05) is 6.07 Å². The van der Waals surface area contributed by atoms with Crippen LogP contribution in [0, 0.1) is 0 Å². The maximum absolute atomic E-state index is 5.48. The minimum atomic E-state index is -0.199. The lowest BCUT2D eigenvalue weighted by Crippen LogP contribution is -2.43. The summed E-state index contributed by atoms with van der Waals surface area (Å²) < 4.78 is 16.9. The van der Waals surface area contributed by atoms with E-state index in [-0.39, 0.29) is 17.8 Å². The van der Waals surface area contributed by atoms with Gasteiger partial charge in [0.25, 0.3) is 0 Å². The fourth-order valence-corrected chi connectivity index (χ4v) is 2.88. The highest BCUT2D eigenvalue weighted by atomic mass is 79.9. The van der Waals surface area contributed by atoms with Crippen molar-refractivity contribution in [1.82, 2.24) is 15.5 Å². The minimum absolute atomic E-state index is 0. The number of rotatable bonds is 4. The molecule has 0 aromatic carbocycles. The van der Waals surface area contributed by atoms with Gasteiger partial charge in [-0.1, -0.05) is 5.16 Å². The van der Waals surface area contributed by atoms with E-state index < -0.39 is 0 Å². The van der Waals surface area contributed by atoms with Crippen molar-refractivity contribution < 1.29 is 13.7 Å². The van der Waals surface area contributed by atoms with Crippen LogP contribution in [-0.2, 0) is 10.2 Å². The Morgan fingerprint density at radius 1 is 1.38 bits per heavy atom. The van der Waals surface area contributed by atoms with E-state index in [2.05, 4.69) is 31.4 Å². The highest BCUT2D eigenvalue weighted by Crippen LogP contribution is 2.34. The zero-order valence-corrected chi connectivity index (χ0v) is 14.0. The van der Waals surface area contributed by atoms with Gasteiger partial charge in [-0.25, -0.2) is 0 Å². The molecule has 1 aliphatic rings. The highest BCUT2D eigenvalue weighted by Gasteiger charge is 2.39. The zero-order chi connectivity index (χ0) is 14.0. The lowest BCUT2D eigenvalue weighted by Gasteiger charge is -2.33. The summed E-state index contributed by atoms with van der Waals surface area (Å²) in [5, 5.41) is 7.36.